The number of hydrogen-bond donors (Lipinski definition) is 2. The number of aryl methyl sites for hydroxylation is 1. The number of amides is 3. The zero-order valence-corrected chi connectivity index (χ0v) is 30.1. The normalized spacial score (nSPS) is 29.8. The number of allylic oxidation sites excluding steroid dienone is 1. The van der Waals surface area contributed by atoms with Gasteiger partial charge in [0.25, 0.3) is 5.91 Å². The average molecular weight is 712 g/mol. The molecule has 2 aliphatic heterocycles. The Bertz CT molecular complexity index is 1630. The van der Waals surface area contributed by atoms with Gasteiger partial charge in [-0.25, -0.2) is 4.79 Å². The maximum absolute atomic E-state index is 13.8. The van der Waals surface area contributed by atoms with Crippen molar-refractivity contribution in [2.45, 2.75) is 75.9 Å². The quantitative estimate of drug-likeness (QED) is 0.264. The summed E-state index contributed by atoms with van der Waals surface area (Å²) in [6.45, 7) is 4.39. The van der Waals surface area contributed by atoms with Crippen LogP contribution < -0.4 is 20.3 Å². The highest BCUT2D eigenvalue weighted by Crippen LogP contribution is 2.42. The summed E-state index contributed by atoms with van der Waals surface area (Å²) in [6.07, 6.45) is 10.3. The van der Waals surface area contributed by atoms with Gasteiger partial charge in [0.15, 0.2) is 0 Å². The van der Waals surface area contributed by atoms with Crippen LogP contribution in [0.1, 0.15) is 66.9 Å². The van der Waals surface area contributed by atoms with E-state index >= 15 is 0 Å². The van der Waals surface area contributed by atoms with Gasteiger partial charge in [0.05, 0.1) is 25.0 Å². The van der Waals surface area contributed by atoms with Crippen molar-refractivity contribution in [3.05, 3.63) is 70.3 Å². The summed E-state index contributed by atoms with van der Waals surface area (Å²) in [7, 11) is 1.34. The zero-order chi connectivity index (χ0) is 34.5. The van der Waals surface area contributed by atoms with Gasteiger partial charge in [-0.15, -0.1) is 0 Å². The number of hydrogen-bond acceptors (Lipinski definition) is 8. The molecule has 2 saturated carbocycles. The molecule has 0 saturated heterocycles. The highest BCUT2D eigenvalue weighted by molar-refractivity contribution is 7.75. The summed E-state index contributed by atoms with van der Waals surface area (Å²) in [5.74, 6) is 0.744. The van der Waals surface area contributed by atoms with Gasteiger partial charge in [-0.3, -0.25) is 4.79 Å². The first kappa shape index (κ1) is 35.7. The van der Waals surface area contributed by atoms with Crippen LogP contribution >= 0.6 is 11.6 Å². The third-order valence-corrected chi connectivity index (χ3v) is 12.0. The standard InChI is InChI=1S/C37H48ClN4O6S/c1-23-7-6-9-33(47-3)30-14-11-27(30)21-42-20-26-10-13-29(38)17-24(26)8-4-5-16-48-34-15-12-25(19-32(34)42)35(43)41-49(45)36(23)40-37(44)39-31-18-28(31)22-46-2/h6,9-10,12-13,15,17,19,23,27-28,30-31,33,36H,4-5,7-8,11,14,16,18,20-22H2,1-3H3,(H2,39,40,44)/q-1/b9-6+/t23-,27-,28-,30+,31-,33-,36?/m0/s1. The number of anilines is 1. The van der Waals surface area contributed by atoms with Crippen molar-refractivity contribution in [2.75, 3.05) is 38.9 Å². The Hall–Kier alpha value is -3.12. The number of urea groups is 1. The lowest BCUT2D eigenvalue weighted by Gasteiger charge is -2.43. The van der Waals surface area contributed by atoms with E-state index < -0.39 is 27.9 Å². The molecule has 0 spiro atoms. The molecule has 2 bridgehead atoms. The fourth-order valence-corrected chi connectivity index (χ4v) is 8.58. The summed E-state index contributed by atoms with van der Waals surface area (Å²) < 4.78 is 35.6. The minimum Gasteiger partial charge on any atom is -0.491 e. The van der Waals surface area contributed by atoms with Crippen LogP contribution in [0, 0.1) is 23.7 Å². The van der Waals surface area contributed by atoms with E-state index in [4.69, 9.17) is 25.8 Å². The molecule has 4 aliphatic rings. The number of carbonyl (C=O) groups is 2. The van der Waals surface area contributed by atoms with E-state index in [1.807, 2.05) is 31.2 Å². The van der Waals surface area contributed by atoms with Crippen molar-refractivity contribution in [1.29, 1.82) is 0 Å². The molecule has 7 atom stereocenters. The van der Waals surface area contributed by atoms with E-state index in [1.165, 1.54) is 11.1 Å². The van der Waals surface area contributed by atoms with Crippen LogP contribution in [0.4, 0.5) is 10.5 Å². The Morgan fingerprint density at radius 3 is 2.76 bits per heavy atom. The number of ether oxygens (including phenoxy) is 3. The van der Waals surface area contributed by atoms with E-state index in [-0.39, 0.29) is 24.0 Å². The number of halogens is 1. The molecule has 2 aliphatic carbocycles. The number of fused-ring (bicyclic) bond motifs is 3. The number of carbonyl (C=O) groups excluding carboxylic acids is 2. The predicted octanol–water partition coefficient (Wildman–Crippen LogP) is 6.65. The summed E-state index contributed by atoms with van der Waals surface area (Å²) >= 11 is 6.45. The van der Waals surface area contributed by atoms with Crippen LogP contribution in [0.3, 0.4) is 0 Å². The lowest BCUT2D eigenvalue weighted by Crippen LogP contribution is -2.46. The van der Waals surface area contributed by atoms with Gasteiger partial charge in [-0.05, 0) is 110 Å². The third kappa shape index (κ3) is 8.79. The second kappa shape index (κ2) is 16.3. The fraction of sp³-hybridized carbons (Fsp3) is 0.568. The largest absolute Gasteiger partial charge is 0.491 e. The molecule has 2 aromatic carbocycles. The first-order valence-corrected chi connectivity index (χ1v) is 19.0. The molecule has 0 radical (unpaired) electrons. The van der Waals surface area contributed by atoms with Gasteiger partial charge < -0.3 is 38.3 Å². The van der Waals surface area contributed by atoms with Gasteiger partial charge in [-0.1, -0.05) is 36.7 Å². The number of benzene rings is 2. The van der Waals surface area contributed by atoms with Crippen LogP contribution in [0.15, 0.2) is 52.9 Å². The summed E-state index contributed by atoms with van der Waals surface area (Å²) in [5.41, 5.74) is 3.52. The molecule has 2 heterocycles. The highest BCUT2D eigenvalue weighted by atomic mass is 35.5. The third-order valence-electron chi connectivity index (χ3n) is 10.4. The molecule has 1 unspecified atom stereocenters. The molecule has 2 N–H and O–H groups in total. The maximum Gasteiger partial charge on any atom is 0.313 e. The first-order valence-electron chi connectivity index (χ1n) is 17.4. The topological polar surface area (TPSA) is 119 Å². The SMILES string of the molecule is COC[C@@H]1C[C@@H]1NC(=O)NC1[C@@H](C)C/C=C/[C@H](OC)[C@@H]2CC[C@H]2CN2Cc3ccc(Cl)cc3CCCCOc3ccc(cc32)C(=O)N=[S-]1=O. The van der Waals surface area contributed by atoms with E-state index in [0.717, 1.165) is 55.8 Å². The fourth-order valence-electron chi connectivity index (χ4n) is 7.28. The van der Waals surface area contributed by atoms with Crippen molar-refractivity contribution in [2.24, 2.45) is 28.0 Å². The molecule has 12 heteroatoms. The van der Waals surface area contributed by atoms with Gasteiger partial charge >= 0.3 is 6.03 Å². The van der Waals surface area contributed by atoms with Crippen LogP contribution in [-0.4, -0.2) is 63.4 Å². The van der Waals surface area contributed by atoms with Crippen molar-refractivity contribution >= 4 is 39.8 Å². The van der Waals surface area contributed by atoms with Gasteiger partial charge in [0.1, 0.15) is 5.75 Å². The molecular formula is C37H48ClN4O6S-. The number of nitrogens with one attached hydrogen (secondary N) is 2. The highest BCUT2D eigenvalue weighted by Gasteiger charge is 2.39. The van der Waals surface area contributed by atoms with Crippen molar-refractivity contribution < 1.29 is 28.0 Å². The predicted molar refractivity (Wildman–Crippen MR) is 191 cm³/mol. The summed E-state index contributed by atoms with van der Waals surface area (Å²) in [4.78, 5) is 29.1. The second-order valence-corrected chi connectivity index (χ2v) is 15.6. The van der Waals surface area contributed by atoms with Crippen molar-refractivity contribution in [3.8, 4) is 5.75 Å². The molecule has 0 aromatic heterocycles. The smallest absolute Gasteiger partial charge is 0.313 e. The molecular weight excluding hydrogens is 664 g/mol. The number of rotatable bonds is 5. The molecule has 3 amide bonds. The van der Waals surface area contributed by atoms with Crippen molar-refractivity contribution in [3.63, 3.8) is 0 Å². The van der Waals surface area contributed by atoms with E-state index in [9.17, 15) is 13.8 Å². The average Bonchev–Trinajstić information content (AvgIpc) is 3.81. The van der Waals surface area contributed by atoms with E-state index in [2.05, 4.69) is 38.1 Å². The minimum absolute atomic E-state index is 0.00178. The maximum atomic E-state index is 13.8. The van der Waals surface area contributed by atoms with Crippen LogP contribution in [0.5, 0.6) is 5.75 Å². The molecule has 49 heavy (non-hydrogen) atoms. The van der Waals surface area contributed by atoms with Crippen LogP contribution in [-0.2, 0) is 37.2 Å². The zero-order valence-electron chi connectivity index (χ0n) is 28.6. The van der Waals surface area contributed by atoms with Gasteiger partial charge in [-0.2, -0.15) is 10.6 Å². The Kier molecular flexibility index (Phi) is 11.9. The minimum atomic E-state index is -2.05. The molecule has 6 rings (SSSR count). The first-order chi connectivity index (χ1) is 23.7. The monoisotopic (exact) mass is 711 g/mol. The number of methoxy groups -OCH3 is 2. The Morgan fingerprint density at radius 2 is 1.98 bits per heavy atom. The van der Waals surface area contributed by atoms with E-state index in [0.29, 0.717) is 49.3 Å². The van der Waals surface area contributed by atoms with Gasteiger partial charge in [0, 0.05) is 49.9 Å². The number of nitrogens with zero attached hydrogens (tertiary/aromatic N) is 2. The van der Waals surface area contributed by atoms with Crippen LogP contribution in [0.2, 0.25) is 5.02 Å². The van der Waals surface area contributed by atoms with Crippen molar-refractivity contribution in [1.82, 2.24) is 10.6 Å². The molecule has 2 fully saturated rings. The Balaban J connectivity index is 1.37. The van der Waals surface area contributed by atoms with E-state index in [1.54, 1.807) is 20.3 Å². The molecule has 10 nitrogen and oxygen atoms in total. The Labute approximate surface area is 296 Å². The summed E-state index contributed by atoms with van der Waals surface area (Å²) in [5, 5.41) is 5.66. The van der Waals surface area contributed by atoms with Gasteiger partial charge in [0.2, 0.25) is 0 Å². The Morgan fingerprint density at radius 1 is 1.12 bits per heavy atom. The lowest BCUT2D eigenvalue weighted by atomic mass is 9.70. The molecule has 266 valence electrons. The second-order valence-electron chi connectivity index (χ2n) is 13.9. The summed E-state index contributed by atoms with van der Waals surface area (Å²) in [6, 6.07) is 11.0. The lowest BCUT2D eigenvalue weighted by molar-refractivity contribution is 0.0133. The van der Waals surface area contributed by atoms with Crippen LogP contribution in [0.25, 0.3) is 0 Å². The molecule has 2 aromatic rings.